The van der Waals surface area contributed by atoms with Crippen molar-refractivity contribution in [3.63, 3.8) is 0 Å². The maximum absolute atomic E-state index is 5.66. The highest BCUT2D eigenvalue weighted by molar-refractivity contribution is 7.09. The molecule has 1 unspecified atom stereocenters. The minimum absolute atomic E-state index is 0.300. The number of guanidine groups is 1. The van der Waals surface area contributed by atoms with E-state index in [-0.39, 0.29) is 0 Å². The van der Waals surface area contributed by atoms with Crippen molar-refractivity contribution in [1.82, 2.24) is 10.6 Å². The van der Waals surface area contributed by atoms with E-state index in [9.17, 15) is 0 Å². The normalized spacial score (nSPS) is 18.3. The Balaban J connectivity index is 1.49. The summed E-state index contributed by atoms with van der Waals surface area (Å²) in [7, 11) is 0. The second-order valence-electron chi connectivity index (χ2n) is 5.52. The summed E-state index contributed by atoms with van der Waals surface area (Å²) in [5, 5.41) is 8.84. The molecule has 1 aliphatic heterocycles. The lowest BCUT2D eigenvalue weighted by molar-refractivity contribution is 0.114. The zero-order valence-electron chi connectivity index (χ0n) is 13.2. The van der Waals surface area contributed by atoms with Crippen LogP contribution < -0.4 is 10.6 Å². The minimum atomic E-state index is 0.300. The first-order valence-electron chi connectivity index (χ1n) is 8.09. The summed E-state index contributed by atoms with van der Waals surface area (Å²) in [5.41, 5.74) is 0. The molecule has 1 saturated heterocycles. The van der Waals surface area contributed by atoms with Crippen LogP contribution in [0.15, 0.2) is 45.3 Å². The highest BCUT2D eigenvalue weighted by Gasteiger charge is 2.15. The predicted molar refractivity (Wildman–Crippen MR) is 92.8 cm³/mol. The van der Waals surface area contributed by atoms with Crippen molar-refractivity contribution in [3.05, 3.63) is 46.5 Å². The first-order valence-corrected chi connectivity index (χ1v) is 8.96. The molecule has 1 aliphatic rings. The van der Waals surface area contributed by atoms with Crippen LogP contribution in [0.4, 0.5) is 0 Å². The Morgan fingerprint density at radius 3 is 3.04 bits per heavy atom. The number of nitrogens with one attached hydrogen (secondary N) is 2. The van der Waals surface area contributed by atoms with E-state index >= 15 is 0 Å². The Kier molecular flexibility index (Phi) is 6.11. The van der Waals surface area contributed by atoms with Crippen molar-refractivity contribution in [2.75, 3.05) is 19.7 Å². The molecule has 2 aromatic heterocycles. The monoisotopic (exact) mass is 333 g/mol. The van der Waals surface area contributed by atoms with Gasteiger partial charge in [-0.05, 0) is 36.4 Å². The lowest BCUT2D eigenvalue weighted by Gasteiger charge is -2.15. The molecule has 0 aliphatic carbocycles. The first-order chi connectivity index (χ1) is 11.4. The molecule has 3 rings (SSSR count). The van der Waals surface area contributed by atoms with Crippen molar-refractivity contribution in [2.45, 2.75) is 31.9 Å². The predicted octanol–water partition coefficient (Wildman–Crippen LogP) is 2.80. The molecule has 0 amide bonds. The molecule has 0 bridgehead atoms. The standard InChI is InChI=1S/C17H23N3O2S/c1-4-14(21-9-1)7-8-18-17(19-12-15-5-2-10-22-15)20-13-16-6-3-11-23-16/h1,3-4,6,9,11,15H,2,5,7-8,10,12-13H2,(H2,18,19,20). The van der Waals surface area contributed by atoms with Gasteiger partial charge in [-0.25, -0.2) is 4.99 Å². The average Bonchev–Trinajstić information content (AvgIpc) is 3.33. The number of hydrogen-bond donors (Lipinski definition) is 2. The highest BCUT2D eigenvalue weighted by Crippen LogP contribution is 2.11. The average molecular weight is 333 g/mol. The molecule has 23 heavy (non-hydrogen) atoms. The van der Waals surface area contributed by atoms with Crippen molar-refractivity contribution < 1.29 is 9.15 Å². The molecule has 6 heteroatoms. The van der Waals surface area contributed by atoms with Crippen molar-refractivity contribution in [3.8, 4) is 0 Å². The van der Waals surface area contributed by atoms with E-state index in [1.54, 1.807) is 17.6 Å². The van der Waals surface area contributed by atoms with Gasteiger partial charge in [0.2, 0.25) is 0 Å². The fourth-order valence-corrected chi connectivity index (χ4v) is 3.14. The van der Waals surface area contributed by atoms with Crippen LogP contribution in [-0.2, 0) is 17.7 Å². The third-order valence-corrected chi connectivity index (χ3v) is 4.60. The van der Waals surface area contributed by atoms with Crippen molar-refractivity contribution in [2.24, 2.45) is 4.99 Å². The molecule has 3 heterocycles. The lowest BCUT2D eigenvalue weighted by atomic mass is 10.2. The second-order valence-corrected chi connectivity index (χ2v) is 6.55. The van der Waals surface area contributed by atoms with Gasteiger partial charge >= 0.3 is 0 Å². The zero-order chi connectivity index (χ0) is 15.7. The number of ether oxygens (including phenoxy) is 1. The first kappa shape index (κ1) is 16.1. The lowest BCUT2D eigenvalue weighted by Crippen LogP contribution is -2.41. The van der Waals surface area contributed by atoms with E-state index < -0.39 is 0 Å². The maximum atomic E-state index is 5.66. The molecule has 124 valence electrons. The van der Waals surface area contributed by atoms with Crippen LogP contribution in [0.5, 0.6) is 0 Å². The Morgan fingerprint density at radius 1 is 1.30 bits per heavy atom. The van der Waals surface area contributed by atoms with Gasteiger partial charge in [-0.2, -0.15) is 0 Å². The number of nitrogens with zero attached hydrogens (tertiary/aromatic N) is 1. The zero-order valence-corrected chi connectivity index (χ0v) is 14.0. The van der Waals surface area contributed by atoms with Crippen LogP contribution in [0, 0.1) is 0 Å². The fourth-order valence-electron chi connectivity index (χ4n) is 2.51. The molecule has 0 spiro atoms. The van der Waals surface area contributed by atoms with Gasteiger partial charge in [0.25, 0.3) is 0 Å². The number of aliphatic imine (C=N–C) groups is 1. The van der Waals surface area contributed by atoms with Crippen LogP contribution in [0.2, 0.25) is 0 Å². The van der Waals surface area contributed by atoms with Crippen LogP contribution in [-0.4, -0.2) is 31.8 Å². The van der Waals surface area contributed by atoms with Gasteiger partial charge < -0.3 is 19.8 Å². The van der Waals surface area contributed by atoms with E-state index in [0.717, 1.165) is 50.7 Å². The van der Waals surface area contributed by atoms with Crippen molar-refractivity contribution >= 4 is 17.3 Å². The number of thiophene rings is 1. The summed E-state index contributed by atoms with van der Waals surface area (Å²) in [6.07, 6.45) is 5.12. The maximum Gasteiger partial charge on any atom is 0.191 e. The smallest absolute Gasteiger partial charge is 0.191 e. The van der Waals surface area contributed by atoms with E-state index in [2.05, 4.69) is 33.1 Å². The minimum Gasteiger partial charge on any atom is -0.469 e. The van der Waals surface area contributed by atoms with Gasteiger partial charge in [0.15, 0.2) is 5.96 Å². The molecule has 0 aromatic carbocycles. The van der Waals surface area contributed by atoms with E-state index in [1.165, 1.54) is 4.88 Å². The highest BCUT2D eigenvalue weighted by atomic mass is 32.1. The topological polar surface area (TPSA) is 58.8 Å². The third-order valence-electron chi connectivity index (χ3n) is 3.74. The summed E-state index contributed by atoms with van der Waals surface area (Å²) in [6, 6.07) is 8.06. The van der Waals surface area contributed by atoms with Crippen molar-refractivity contribution in [1.29, 1.82) is 0 Å². The largest absolute Gasteiger partial charge is 0.469 e. The summed E-state index contributed by atoms with van der Waals surface area (Å²) in [6.45, 7) is 3.16. The number of rotatable bonds is 7. The third kappa shape index (κ3) is 5.41. The molecule has 2 N–H and O–H groups in total. The van der Waals surface area contributed by atoms with Crippen LogP contribution in [0.25, 0.3) is 0 Å². The second kappa shape index (κ2) is 8.74. The molecular formula is C17H23N3O2S. The summed E-state index contributed by atoms with van der Waals surface area (Å²) in [5.74, 6) is 1.81. The van der Waals surface area contributed by atoms with Gasteiger partial charge in [-0.15, -0.1) is 11.3 Å². The summed E-state index contributed by atoms with van der Waals surface area (Å²) < 4.78 is 11.0. The van der Waals surface area contributed by atoms with Gasteiger partial charge in [-0.3, -0.25) is 0 Å². The summed E-state index contributed by atoms with van der Waals surface area (Å²) in [4.78, 5) is 5.92. The van der Waals surface area contributed by atoms with E-state index in [1.807, 2.05) is 12.1 Å². The Hall–Kier alpha value is -1.79. The van der Waals surface area contributed by atoms with Crippen LogP contribution in [0.3, 0.4) is 0 Å². The van der Waals surface area contributed by atoms with Crippen LogP contribution >= 0.6 is 11.3 Å². The Labute approximate surface area is 140 Å². The van der Waals surface area contributed by atoms with E-state index in [4.69, 9.17) is 9.15 Å². The molecular weight excluding hydrogens is 310 g/mol. The molecule has 1 fully saturated rings. The number of furan rings is 1. The summed E-state index contributed by atoms with van der Waals surface area (Å²) >= 11 is 1.73. The van der Waals surface area contributed by atoms with Gasteiger partial charge in [-0.1, -0.05) is 6.07 Å². The molecule has 1 atom stereocenters. The molecule has 2 aromatic rings. The van der Waals surface area contributed by atoms with E-state index in [0.29, 0.717) is 12.6 Å². The Morgan fingerprint density at radius 2 is 2.30 bits per heavy atom. The SMILES string of the molecule is c1coc(CCNC(=NCc2cccs2)NCC2CCCO2)c1. The number of hydrogen-bond acceptors (Lipinski definition) is 4. The quantitative estimate of drug-likeness (QED) is 0.604. The Bertz CT molecular complexity index is 575. The fraction of sp³-hybridized carbons (Fsp3) is 0.471. The van der Waals surface area contributed by atoms with Crippen LogP contribution in [0.1, 0.15) is 23.5 Å². The van der Waals surface area contributed by atoms with Gasteiger partial charge in [0.1, 0.15) is 5.76 Å². The molecule has 0 saturated carbocycles. The molecule has 0 radical (unpaired) electrons. The van der Waals surface area contributed by atoms with Gasteiger partial charge in [0.05, 0.1) is 18.9 Å². The molecule has 5 nitrogen and oxygen atoms in total. The van der Waals surface area contributed by atoms with Gasteiger partial charge in [0, 0.05) is 31.0 Å².